The number of carbonyl (C=O) groups is 1. The van der Waals surface area contributed by atoms with Crippen LogP contribution in [0.5, 0.6) is 0 Å². The van der Waals surface area contributed by atoms with Crippen molar-refractivity contribution in [2.45, 2.75) is 47.0 Å². The highest BCUT2D eigenvalue weighted by atomic mass is 16.5. The molecule has 0 spiro atoms. The van der Waals surface area contributed by atoms with Gasteiger partial charge in [-0.2, -0.15) is 0 Å². The van der Waals surface area contributed by atoms with Crippen molar-refractivity contribution >= 4 is 5.97 Å². The molecule has 2 nitrogen and oxygen atoms in total. The molecule has 86 valence electrons. The van der Waals surface area contributed by atoms with E-state index in [0.717, 1.165) is 12.8 Å². The van der Waals surface area contributed by atoms with Gasteiger partial charge in [0, 0.05) is 5.92 Å². The highest BCUT2D eigenvalue weighted by molar-refractivity contribution is 5.70. The van der Waals surface area contributed by atoms with Crippen molar-refractivity contribution in [3.8, 4) is 12.3 Å². The smallest absolute Gasteiger partial charge is 0.306 e. The topological polar surface area (TPSA) is 26.3 Å². The van der Waals surface area contributed by atoms with E-state index in [4.69, 9.17) is 11.2 Å². The predicted molar refractivity (Wildman–Crippen MR) is 62.3 cm³/mol. The molecule has 0 aliphatic carbocycles. The first kappa shape index (κ1) is 14.0. The van der Waals surface area contributed by atoms with E-state index in [1.165, 1.54) is 0 Å². The minimum Gasteiger partial charge on any atom is -0.466 e. The molecule has 1 atom stereocenters. The molecule has 1 unspecified atom stereocenters. The maximum Gasteiger partial charge on any atom is 0.306 e. The Morgan fingerprint density at radius 2 is 2.07 bits per heavy atom. The summed E-state index contributed by atoms with van der Waals surface area (Å²) in [5.41, 5.74) is -0.0701. The Kier molecular flexibility index (Phi) is 6.08. The lowest BCUT2D eigenvalue weighted by Crippen LogP contribution is -2.21. The number of hydrogen-bond donors (Lipinski definition) is 0. The Morgan fingerprint density at radius 1 is 1.47 bits per heavy atom. The molecule has 0 amide bonds. The summed E-state index contributed by atoms with van der Waals surface area (Å²) >= 11 is 0. The van der Waals surface area contributed by atoms with Crippen molar-refractivity contribution in [3.63, 3.8) is 0 Å². The SMILES string of the molecule is C#CC(CC)CC(C)(C)CC(=O)OCC. The molecule has 0 saturated carbocycles. The second-order valence-corrected chi connectivity index (χ2v) is 4.62. The van der Waals surface area contributed by atoms with Crippen LogP contribution in [0.3, 0.4) is 0 Å². The van der Waals surface area contributed by atoms with Gasteiger partial charge in [-0.3, -0.25) is 4.79 Å². The van der Waals surface area contributed by atoms with Crippen LogP contribution in [0.15, 0.2) is 0 Å². The first-order valence-corrected chi connectivity index (χ1v) is 5.57. The molecule has 0 N–H and O–H groups in total. The molecule has 0 heterocycles. The Labute approximate surface area is 93.4 Å². The van der Waals surface area contributed by atoms with Gasteiger partial charge in [-0.1, -0.05) is 20.8 Å². The zero-order chi connectivity index (χ0) is 11.9. The molecule has 15 heavy (non-hydrogen) atoms. The highest BCUT2D eigenvalue weighted by Gasteiger charge is 2.25. The number of esters is 1. The normalized spacial score (nSPS) is 13.0. The Bertz CT molecular complexity index is 235. The fourth-order valence-electron chi connectivity index (χ4n) is 1.66. The summed E-state index contributed by atoms with van der Waals surface area (Å²) in [6.45, 7) is 8.46. The van der Waals surface area contributed by atoms with Gasteiger partial charge < -0.3 is 4.74 Å². The third-order valence-corrected chi connectivity index (χ3v) is 2.46. The van der Waals surface area contributed by atoms with Crippen LogP contribution in [0.2, 0.25) is 0 Å². The number of terminal acetylenes is 1. The number of carbonyl (C=O) groups excluding carboxylic acids is 1. The van der Waals surface area contributed by atoms with Crippen LogP contribution in [0.1, 0.15) is 47.0 Å². The van der Waals surface area contributed by atoms with Gasteiger partial charge in [-0.25, -0.2) is 0 Å². The van der Waals surface area contributed by atoms with E-state index in [1.807, 2.05) is 6.92 Å². The number of hydrogen-bond acceptors (Lipinski definition) is 2. The van der Waals surface area contributed by atoms with Crippen molar-refractivity contribution in [1.29, 1.82) is 0 Å². The standard InChI is InChI=1S/C13H22O2/c1-6-11(7-2)9-13(4,5)10-12(14)15-8-3/h1,11H,7-10H2,2-5H3. The van der Waals surface area contributed by atoms with Gasteiger partial charge >= 0.3 is 5.97 Å². The molecule has 0 aliphatic rings. The van der Waals surface area contributed by atoms with E-state index in [0.29, 0.717) is 13.0 Å². The molecule has 0 aromatic rings. The van der Waals surface area contributed by atoms with Crippen LogP contribution in [-0.4, -0.2) is 12.6 Å². The summed E-state index contributed by atoms with van der Waals surface area (Å²) in [5.74, 6) is 2.89. The molecule has 0 bridgehead atoms. The minimum atomic E-state index is -0.130. The van der Waals surface area contributed by atoms with E-state index in [2.05, 4.69) is 26.7 Å². The van der Waals surface area contributed by atoms with Crippen molar-refractivity contribution < 1.29 is 9.53 Å². The van der Waals surface area contributed by atoms with Gasteiger partial charge in [0.05, 0.1) is 13.0 Å². The molecule has 0 rings (SSSR count). The van der Waals surface area contributed by atoms with Gasteiger partial charge in [0.25, 0.3) is 0 Å². The predicted octanol–water partition coefficient (Wildman–Crippen LogP) is 3.02. The van der Waals surface area contributed by atoms with Crippen molar-refractivity contribution in [3.05, 3.63) is 0 Å². The zero-order valence-corrected chi connectivity index (χ0v) is 10.3. The third kappa shape index (κ3) is 6.17. The van der Waals surface area contributed by atoms with E-state index in [9.17, 15) is 4.79 Å². The molecule has 0 saturated heterocycles. The van der Waals surface area contributed by atoms with Crippen molar-refractivity contribution in [2.24, 2.45) is 11.3 Å². The van der Waals surface area contributed by atoms with E-state index >= 15 is 0 Å². The second kappa shape index (κ2) is 6.50. The second-order valence-electron chi connectivity index (χ2n) is 4.62. The van der Waals surface area contributed by atoms with Crippen molar-refractivity contribution in [1.82, 2.24) is 0 Å². The summed E-state index contributed by atoms with van der Waals surface area (Å²) in [5, 5.41) is 0. The Balaban J connectivity index is 4.18. The van der Waals surface area contributed by atoms with Crippen molar-refractivity contribution in [2.75, 3.05) is 6.61 Å². The summed E-state index contributed by atoms with van der Waals surface area (Å²) in [7, 11) is 0. The lowest BCUT2D eigenvalue weighted by Gasteiger charge is -2.26. The minimum absolute atomic E-state index is 0.0701. The van der Waals surface area contributed by atoms with Crippen LogP contribution >= 0.6 is 0 Å². The highest BCUT2D eigenvalue weighted by Crippen LogP contribution is 2.30. The summed E-state index contributed by atoms with van der Waals surface area (Å²) < 4.78 is 4.94. The van der Waals surface area contributed by atoms with Crippen LogP contribution in [0, 0.1) is 23.7 Å². The molecule has 2 heteroatoms. The van der Waals surface area contributed by atoms with Gasteiger partial charge in [-0.05, 0) is 25.2 Å². The number of ether oxygens (including phenoxy) is 1. The van der Waals surface area contributed by atoms with Gasteiger partial charge in [0.1, 0.15) is 0 Å². The lowest BCUT2D eigenvalue weighted by atomic mass is 9.79. The molecule has 0 aliphatic heterocycles. The van der Waals surface area contributed by atoms with Gasteiger partial charge in [-0.15, -0.1) is 12.3 Å². The fraction of sp³-hybridized carbons (Fsp3) is 0.769. The lowest BCUT2D eigenvalue weighted by molar-refractivity contribution is -0.145. The van der Waals surface area contributed by atoms with Gasteiger partial charge in [0.15, 0.2) is 0 Å². The average Bonchev–Trinajstić information content (AvgIpc) is 2.13. The zero-order valence-electron chi connectivity index (χ0n) is 10.3. The summed E-state index contributed by atoms with van der Waals surface area (Å²) in [6, 6.07) is 0. The summed E-state index contributed by atoms with van der Waals surface area (Å²) in [6.07, 6.45) is 7.69. The Morgan fingerprint density at radius 3 is 2.47 bits per heavy atom. The van der Waals surface area contributed by atoms with Crippen LogP contribution < -0.4 is 0 Å². The van der Waals surface area contributed by atoms with Crippen LogP contribution in [-0.2, 0) is 9.53 Å². The third-order valence-electron chi connectivity index (χ3n) is 2.46. The molecule has 0 fully saturated rings. The average molecular weight is 210 g/mol. The molecule has 0 radical (unpaired) electrons. The van der Waals surface area contributed by atoms with E-state index in [-0.39, 0.29) is 17.3 Å². The Hall–Kier alpha value is -0.970. The number of rotatable bonds is 6. The van der Waals surface area contributed by atoms with Crippen LogP contribution in [0.4, 0.5) is 0 Å². The monoisotopic (exact) mass is 210 g/mol. The first-order chi connectivity index (χ1) is 6.95. The maximum absolute atomic E-state index is 11.3. The van der Waals surface area contributed by atoms with E-state index in [1.54, 1.807) is 0 Å². The maximum atomic E-state index is 11.3. The fourth-order valence-corrected chi connectivity index (χ4v) is 1.66. The summed E-state index contributed by atoms with van der Waals surface area (Å²) in [4.78, 5) is 11.3. The van der Waals surface area contributed by atoms with Gasteiger partial charge in [0.2, 0.25) is 0 Å². The van der Waals surface area contributed by atoms with Crippen LogP contribution in [0.25, 0.3) is 0 Å². The molecular weight excluding hydrogens is 188 g/mol. The first-order valence-electron chi connectivity index (χ1n) is 5.57. The van der Waals surface area contributed by atoms with E-state index < -0.39 is 0 Å². The molecule has 0 aromatic carbocycles. The molecule has 0 aromatic heterocycles. The molecular formula is C13H22O2. The quantitative estimate of drug-likeness (QED) is 0.497. The largest absolute Gasteiger partial charge is 0.466 e.